The zero-order valence-corrected chi connectivity index (χ0v) is 14.5. The van der Waals surface area contributed by atoms with E-state index in [1.807, 2.05) is 6.92 Å². The van der Waals surface area contributed by atoms with Gasteiger partial charge >= 0.3 is 6.09 Å². The van der Waals surface area contributed by atoms with Gasteiger partial charge in [-0.05, 0) is 37.4 Å². The van der Waals surface area contributed by atoms with E-state index in [1.54, 1.807) is 12.1 Å². The molecule has 0 aromatic heterocycles. The van der Waals surface area contributed by atoms with Crippen LogP contribution in [-0.2, 0) is 14.9 Å². The molecule has 0 bridgehead atoms. The van der Waals surface area contributed by atoms with Crippen LogP contribution in [0.3, 0.4) is 0 Å². The van der Waals surface area contributed by atoms with Gasteiger partial charge in [0.2, 0.25) is 0 Å². The standard InChI is InChI=1S/C16H20N4O4S/c1-11-4-6-15(7-5-11)25(22,23)20-12(2)10-14(8-9-17)13(3)19-16(21)24-18/h4-10,20H,2-3,17-18H2,1H3,(H,19,21)/b9-8-,14-10+. The van der Waals surface area contributed by atoms with Crippen molar-refractivity contribution in [3.8, 4) is 0 Å². The van der Waals surface area contributed by atoms with Crippen molar-refractivity contribution in [1.82, 2.24) is 10.0 Å². The molecule has 0 aliphatic carbocycles. The molecule has 0 aliphatic rings. The Bertz CT molecular complexity index is 824. The Balaban J connectivity index is 2.99. The highest BCUT2D eigenvalue weighted by Crippen LogP contribution is 2.13. The van der Waals surface area contributed by atoms with Crippen LogP contribution in [0.2, 0.25) is 0 Å². The molecule has 1 aromatic carbocycles. The van der Waals surface area contributed by atoms with E-state index in [0.717, 1.165) is 5.56 Å². The third-order valence-corrected chi connectivity index (χ3v) is 4.33. The molecule has 0 saturated heterocycles. The minimum Gasteiger partial charge on any atom is -0.405 e. The molecule has 0 radical (unpaired) electrons. The van der Waals surface area contributed by atoms with Crippen molar-refractivity contribution in [1.29, 1.82) is 0 Å². The summed E-state index contributed by atoms with van der Waals surface area (Å²) in [6.45, 7) is 9.10. The molecule has 8 nitrogen and oxygen atoms in total. The van der Waals surface area contributed by atoms with Crippen molar-refractivity contribution in [2.24, 2.45) is 11.6 Å². The maximum Gasteiger partial charge on any atom is 0.430 e. The molecule has 0 unspecified atom stereocenters. The fraction of sp³-hybridized carbons (Fsp3) is 0.0625. The van der Waals surface area contributed by atoms with Crippen LogP contribution in [0.5, 0.6) is 0 Å². The van der Waals surface area contributed by atoms with Gasteiger partial charge in [0.05, 0.1) is 4.90 Å². The number of carbonyl (C=O) groups excluding carboxylic acids is 1. The van der Waals surface area contributed by atoms with Crippen molar-refractivity contribution in [3.05, 3.63) is 78.3 Å². The van der Waals surface area contributed by atoms with Crippen LogP contribution < -0.4 is 21.7 Å². The fourth-order valence-electron chi connectivity index (χ4n) is 1.73. The lowest BCUT2D eigenvalue weighted by molar-refractivity contribution is 0.151. The predicted molar refractivity (Wildman–Crippen MR) is 95.0 cm³/mol. The molecular weight excluding hydrogens is 344 g/mol. The number of nitrogens with two attached hydrogens (primary N) is 2. The van der Waals surface area contributed by atoms with Gasteiger partial charge in [0, 0.05) is 17.0 Å². The lowest BCUT2D eigenvalue weighted by Gasteiger charge is -2.11. The minimum absolute atomic E-state index is 0.0396. The Kier molecular flexibility index (Phi) is 6.97. The number of rotatable bonds is 7. The molecular formula is C16H20N4O4S. The molecule has 9 heteroatoms. The summed E-state index contributed by atoms with van der Waals surface area (Å²) in [5, 5.41) is 2.25. The molecule has 6 N–H and O–H groups in total. The van der Waals surface area contributed by atoms with Crippen molar-refractivity contribution in [3.63, 3.8) is 0 Å². The summed E-state index contributed by atoms with van der Waals surface area (Å²) in [7, 11) is -3.80. The van der Waals surface area contributed by atoms with Gasteiger partial charge in [-0.3, -0.25) is 10.0 Å². The normalized spacial score (nSPS) is 11.8. The summed E-state index contributed by atoms with van der Waals surface area (Å²) in [4.78, 5) is 15.2. The number of carbonyl (C=O) groups is 1. The van der Waals surface area contributed by atoms with Crippen LogP contribution >= 0.6 is 0 Å². The van der Waals surface area contributed by atoms with Gasteiger partial charge in [0.1, 0.15) is 0 Å². The number of sulfonamides is 1. The topological polar surface area (TPSA) is 137 Å². The zero-order chi connectivity index (χ0) is 19.0. The average Bonchev–Trinajstić information content (AvgIpc) is 2.54. The van der Waals surface area contributed by atoms with E-state index in [-0.39, 0.29) is 16.3 Å². The Labute approximate surface area is 146 Å². The Hall–Kier alpha value is -3.04. The first-order valence-electron chi connectivity index (χ1n) is 6.95. The SMILES string of the molecule is C=C(/C=C(\C=C/N)C(=C)NC(=O)ON)NS(=O)(=O)c1ccc(C)cc1. The molecule has 0 heterocycles. The van der Waals surface area contributed by atoms with Gasteiger partial charge in [0.25, 0.3) is 10.0 Å². The van der Waals surface area contributed by atoms with Crippen LogP contribution in [0.1, 0.15) is 5.56 Å². The second-order valence-corrected chi connectivity index (χ2v) is 6.59. The van der Waals surface area contributed by atoms with Crippen molar-refractivity contribution < 1.29 is 18.0 Å². The molecule has 0 atom stereocenters. The van der Waals surface area contributed by atoms with Gasteiger partial charge in [-0.1, -0.05) is 30.9 Å². The third kappa shape index (κ3) is 6.16. The second-order valence-electron chi connectivity index (χ2n) is 4.91. The van der Waals surface area contributed by atoms with Crippen molar-refractivity contribution >= 4 is 16.1 Å². The number of aryl methyl sites for hydroxylation is 1. The van der Waals surface area contributed by atoms with Crippen LogP contribution in [-0.4, -0.2) is 14.5 Å². The van der Waals surface area contributed by atoms with E-state index < -0.39 is 16.1 Å². The maximum atomic E-state index is 12.3. The van der Waals surface area contributed by atoms with Gasteiger partial charge in [0.15, 0.2) is 0 Å². The van der Waals surface area contributed by atoms with Crippen LogP contribution in [0.15, 0.2) is 77.6 Å². The van der Waals surface area contributed by atoms with Crippen LogP contribution in [0, 0.1) is 6.92 Å². The average molecular weight is 364 g/mol. The summed E-state index contributed by atoms with van der Waals surface area (Å²) < 4.78 is 26.9. The van der Waals surface area contributed by atoms with E-state index in [4.69, 9.17) is 11.6 Å². The van der Waals surface area contributed by atoms with Gasteiger partial charge in [-0.2, -0.15) is 5.90 Å². The highest BCUT2D eigenvalue weighted by atomic mass is 32.2. The second kappa shape index (κ2) is 8.71. The van der Waals surface area contributed by atoms with E-state index >= 15 is 0 Å². The number of hydrogen-bond acceptors (Lipinski definition) is 6. The highest BCUT2D eigenvalue weighted by Gasteiger charge is 2.14. The van der Waals surface area contributed by atoms with Crippen LogP contribution in [0.4, 0.5) is 4.79 Å². The van der Waals surface area contributed by atoms with E-state index in [0.29, 0.717) is 5.57 Å². The summed E-state index contributed by atoms with van der Waals surface area (Å²) in [5.41, 5.74) is 6.70. The quantitative estimate of drug-likeness (QED) is 0.425. The first kappa shape index (κ1) is 20.0. The van der Waals surface area contributed by atoms with E-state index in [1.165, 1.54) is 30.5 Å². The number of amides is 1. The summed E-state index contributed by atoms with van der Waals surface area (Å²) in [6.07, 6.45) is 2.99. The smallest absolute Gasteiger partial charge is 0.405 e. The Morgan fingerprint density at radius 3 is 2.36 bits per heavy atom. The first-order valence-corrected chi connectivity index (χ1v) is 8.43. The Morgan fingerprint density at radius 2 is 1.84 bits per heavy atom. The molecule has 0 spiro atoms. The summed E-state index contributed by atoms with van der Waals surface area (Å²) >= 11 is 0. The lowest BCUT2D eigenvalue weighted by atomic mass is 10.1. The summed E-state index contributed by atoms with van der Waals surface area (Å²) in [6, 6.07) is 6.32. The van der Waals surface area contributed by atoms with Gasteiger partial charge < -0.3 is 10.6 Å². The predicted octanol–water partition coefficient (Wildman–Crippen LogP) is 1.30. The molecule has 134 valence electrons. The molecule has 25 heavy (non-hydrogen) atoms. The number of allylic oxidation sites excluding steroid dienone is 2. The third-order valence-electron chi connectivity index (χ3n) is 2.91. The minimum atomic E-state index is -3.80. The maximum absolute atomic E-state index is 12.3. The first-order chi connectivity index (χ1) is 11.7. The molecule has 0 saturated carbocycles. The van der Waals surface area contributed by atoms with E-state index in [2.05, 4.69) is 28.0 Å². The highest BCUT2D eigenvalue weighted by molar-refractivity contribution is 7.89. The number of nitrogens with one attached hydrogen (secondary N) is 2. The van der Waals surface area contributed by atoms with Gasteiger partial charge in [-0.15, -0.1) is 0 Å². The molecule has 1 aromatic rings. The fourth-order valence-corrected chi connectivity index (χ4v) is 2.75. The van der Waals surface area contributed by atoms with Crippen molar-refractivity contribution in [2.75, 3.05) is 0 Å². The molecule has 0 fully saturated rings. The monoisotopic (exact) mass is 364 g/mol. The lowest BCUT2D eigenvalue weighted by Crippen LogP contribution is -2.27. The Morgan fingerprint density at radius 1 is 1.24 bits per heavy atom. The summed E-state index contributed by atoms with van der Waals surface area (Å²) in [5.74, 6) is 4.73. The number of hydrogen-bond donors (Lipinski definition) is 4. The number of benzene rings is 1. The molecule has 0 aliphatic heterocycles. The van der Waals surface area contributed by atoms with Crippen LogP contribution in [0.25, 0.3) is 0 Å². The zero-order valence-electron chi connectivity index (χ0n) is 13.7. The molecule has 1 amide bonds. The largest absolute Gasteiger partial charge is 0.430 e. The van der Waals surface area contributed by atoms with Gasteiger partial charge in [-0.25, -0.2) is 13.2 Å². The van der Waals surface area contributed by atoms with Crippen molar-refractivity contribution in [2.45, 2.75) is 11.8 Å². The molecule has 1 rings (SSSR count). The van der Waals surface area contributed by atoms with E-state index in [9.17, 15) is 13.2 Å².